The fraction of sp³-hybridized carbons (Fsp3) is 0.605. The Hall–Kier alpha value is -3.99. The van der Waals surface area contributed by atoms with E-state index < -0.39 is 18.2 Å². The summed E-state index contributed by atoms with van der Waals surface area (Å²) in [5.41, 5.74) is 3.67. The lowest BCUT2D eigenvalue weighted by Crippen LogP contribution is -2.44. The van der Waals surface area contributed by atoms with E-state index in [1.165, 1.54) is 0 Å². The van der Waals surface area contributed by atoms with Crippen LogP contribution in [0.3, 0.4) is 0 Å². The summed E-state index contributed by atoms with van der Waals surface area (Å²) >= 11 is 0. The molecule has 11 nitrogen and oxygen atoms in total. The molecule has 0 spiro atoms. The normalized spacial score (nSPS) is 23.7. The maximum atomic E-state index is 14.4. The molecule has 2 amide bonds. The zero-order chi connectivity index (χ0) is 34.5. The van der Waals surface area contributed by atoms with Crippen LogP contribution in [0.2, 0.25) is 0 Å². The molecule has 3 heterocycles. The molecule has 0 aromatic carbocycles. The van der Waals surface area contributed by atoms with Crippen molar-refractivity contribution in [3.8, 4) is 17.0 Å². The summed E-state index contributed by atoms with van der Waals surface area (Å²) in [6.07, 6.45) is 11.3. The minimum Gasteiger partial charge on any atom is -0.495 e. The van der Waals surface area contributed by atoms with Crippen molar-refractivity contribution in [1.82, 2.24) is 20.3 Å². The minimum atomic E-state index is -0.623. The van der Waals surface area contributed by atoms with Crippen LogP contribution >= 0.6 is 0 Å². The van der Waals surface area contributed by atoms with Gasteiger partial charge in [0.05, 0.1) is 24.9 Å². The zero-order valence-electron chi connectivity index (χ0n) is 29.3. The van der Waals surface area contributed by atoms with E-state index in [1.54, 1.807) is 26.5 Å². The Kier molecular flexibility index (Phi) is 11.2. The molecule has 2 N–H and O–H groups in total. The van der Waals surface area contributed by atoms with Crippen LogP contribution in [-0.4, -0.2) is 64.0 Å². The first kappa shape index (κ1) is 34.9. The van der Waals surface area contributed by atoms with Gasteiger partial charge in [-0.15, -0.1) is 0 Å². The number of oxazole rings is 1. The zero-order valence-corrected chi connectivity index (χ0v) is 29.3. The van der Waals surface area contributed by atoms with Crippen LogP contribution in [0.4, 0.5) is 10.6 Å². The van der Waals surface area contributed by atoms with Gasteiger partial charge in [0.2, 0.25) is 5.91 Å². The first-order valence-corrected chi connectivity index (χ1v) is 18.1. The van der Waals surface area contributed by atoms with Crippen LogP contribution < -0.4 is 15.0 Å². The van der Waals surface area contributed by atoms with E-state index in [1.807, 2.05) is 36.9 Å². The molecule has 49 heavy (non-hydrogen) atoms. The predicted molar refractivity (Wildman–Crippen MR) is 185 cm³/mol. The molecule has 0 aliphatic heterocycles. The number of ether oxygens (including phenoxy) is 2. The third kappa shape index (κ3) is 8.60. The lowest BCUT2D eigenvalue weighted by molar-refractivity contribution is -0.124. The number of nitrogens with one attached hydrogen (secondary N) is 1. The number of aryl methyl sites for hydroxylation is 1. The Morgan fingerprint density at radius 1 is 1.02 bits per heavy atom. The highest BCUT2D eigenvalue weighted by Crippen LogP contribution is 2.41. The summed E-state index contributed by atoms with van der Waals surface area (Å²) < 4.78 is 16.9. The highest BCUT2D eigenvalue weighted by Gasteiger charge is 2.35. The van der Waals surface area contributed by atoms with Gasteiger partial charge in [-0.25, -0.2) is 14.8 Å². The number of aliphatic hydroxyl groups excluding tert-OH is 1. The number of methoxy groups -OCH3 is 1. The Balaban J connectivity index is 1.13. The van der Waals surface area contributed by atoms with Crippen LogP contribution in [0.1, 0.15) is 114 Å². The number of hydrogen-bond donors (Lipinski definition) is 2. The van der Waals surface area contributed by atoms with Crippen molar-refractivity contribution in [3.05, 3.63) is 54.0 Å². The van der Waals surface area contributed by atoms with Gasteiger partial charge in [0.1, 0.15) is 29.6 Å². The smallest absolute Gasteiger partial charge is 0.407 e. The Labute approximate surface area is 289 Å². The second kappa shape index (κ2) is 15.7. The molecule has 11 heteroatoms. The molecule has 3 fully saturated rings. The number of nitrogens with zero attached hydrogens (tertiary/aromatic N) is 4. The maximum Gasteiger partial charge on any atom is 0.407 e. The number of anilines is 1. The Morgan fingerprint density at radius 2 is 1.76 bits per heavy atom. The van der Waals surface area contributed by atoms with Crippen LogP contribution in [0.15, 0.2) is 41.1 Å². The highest BCUT2D eigenvalue weighted by atomic mass is 16.6. The molecule has 3 aliphatic carbocycles. The van der Waals surface area contributed by atoms with E-state index in [-0.39, 0.29) is 17.9 Å². The first-order valence-electron chi connectivity index (χ1n) is 18.1. The lowest BCUT2D eigenvalue weighted by Gasteiger charge is -2.35. The van der Waals surface area contributed by atoms with Gasteiger partial charge in [0.25, 0.3) is 0 Å². The van der Waals surface area contributed by atoms with Crippen molar-refractivity contribution in [3.63, 3.8) is 0 Å². The van der Waals surface area contributed by atoms with Crippen LogP contribution in [0.5, 0.6) is 5.75 Å². The molecule has 264 valence electrons. The molecule has 3 aliphatic rings. The summed E-state index contributed by atoms with van der Waals surface area (Å²) in [6.45, 7) is 6.21. The summed E-state index contributed by atoms with van der Waals surface area (Å²) in [6, 6.07) is 7.59. The molecule has 0 saturated heterocycles. The fourth-order valence-electron chi connectivity index (χ4n) is 7.34. The molecule has 3 saturated carbocycles. The molecule has 2 atom stereocenters. The van der Waals surface area contributed by atoms with Gasteiger partial charge in [-0.1, -0.05) is 6.92 Å². The van der Waals surface area contributed by atoms with E-state index in [9.17, 15) is 14.7 Å². The van der Waals surface area contributed by atoms with E-state index in [0.29, 0.717) is 62.2 Å². The molecule has 3 aromatic heterocycles. The standard InChI is InChI=1S/C38H51N5O6/c1-5-33(44)23(2)41-38(46)49-30-14-12-28(13-15-30)37(45)43(35-20-29(18-19-39-35)32-22-48-36(42-32)27-10-11-27)21-25-6-8-26(9-7-25)31-16-17-34(47-4)24(3)40-31/h16-20,22-23,25-28,30,33,44H,5-15,21H2,1-4H3,(H,41,46). The molecule has 6 rings (SSSR count). The third-order valence-electron chi connectivity index (χ3n) is 10.7. The van der Waals surface area contributed by atoms with Crippen molar-refractivity contribution >= 4 is 17.8 Å². The van der Waals surface area contributed by atoms with Gasteiger partial charge in [0, 0.05) is 41.8 Å². The quantitative estimate of drug-likeness (QED) is 0.206. The van der Waals surface area contributed by atoms with Crippen LogP contribution in [0, 0.1) is 18.8 Å². The summed E-state index contributed by atoms with van der Waals surface area (Å²) in [5, 5.41) is 12.7. The van der Waals surface area contributed by atoms with E-state index in [2.05, 4.69) is 11.4 Å². The first-order chi connectivity index (χ1) is 23.7. The number of alkyl carbamates (subject to hydrolysis) is 1. The van der Waals surface area contributed by atoms with E-state index in [0.717, 1.165) is 72.8 Å². The van der Waals surface area contributed by atoms with Crippen LogP contribution in [-0.2, 0) is 9.53 Å². The monoisotopic (exact) mass is 673 g/mol. The van der Waals surface area contributed by atoms with Gasteiger partial charge >= 0.3 is 6.09 Å². The molecular formula is C38H51N5O6. The molecule has 3 aromatic rings. The molecular weight excluding hydrogens is 622 g/mol. The second-order valence-electron chi connectivity index (χ2n) is 14.2. The van der Waals surface area contributed by atoms with Gasteiger partial charge in [-0.3, -0.25) is 14.7 Å². The van der Waals surface area contributed by atoms with Crippen LogP contribution in [0.25, 0.3) is 11.3 Å². The van der Waals surface area contributed by atoms with Crippen molar-refractivity contribution in [2.45, 2.75) is 121 Å². The third-order valence-corrected chi connectivity index (χ3v) is 10.7. The largest absolute Gasteiger partial charge is 0.495 e. The van der Waals surface area contributed by atoms with Crippen molar-refractivity contribution in [2.24, 2.45) is 11.8 Å². The topological polar surface area (TPSA) is 140 Å². The lowest BCUT2D eigenvalue weighted by atomic mass is 9.79. The van der Waals surface area contributed by atoms with Gasteiger partial charge in [0.15, 0.2) is 5.89 Å². The average molecular weight is 674 g/mol. The average Bonchev–Trinajstić information content (AvgIpc) is 3.86. The highest BCUT2D eigenvalue weighted by molar-refractivity contribution is 5.94. The number of pyridine rings is 2. The van der Waals surface area contributed by atoms with Crippen molar-refractivity contribution in [1.29, 1.82) is 0 Å². The molecule has 0 bridgehead atoms. The number of carbonyl (C=O) groups is 2. The van der Waals surface area contributed by atoms with Crippen molar-refractivity contribution < 1.29 is 28.6 Å². The number of carbonyl (C=O) groups excluding carboxylic acids is 2. The fourth-order valence-corrected chi connectivity index (χ4v) is 7.34. The second-order valence-corrected chi connectivity index (χ2v) is 14.2. The number of hydrogen-bond acceptors (Lipinski definition) is 9. The van der Waals surface area contributed by atoms with Gasteiger partial charge in [-0.05, 0) is 115 Å². The maximum absolute atomic E-state index is 14.4. The van der Waals surface area contributed by atoms with Gasteiger partial charge in [-0.2, -0.15) is 0 Å². The SMILES string of the molecule is CCC(O)C(C)NC(=O)OC1CCC(C(=O)N(CC2CCC(c3ccc(OC)c(C)n3)CC2)c2cc(-c3coc(C4CC4)n3)ccn2)CC1. The summed E-state index contributed by atoms with van der Waals surface area (Å²) in [5.74, 6) is 3.24. The van der Waals surface area contributed by atoms with E-state index in [4.69, 9.17) is 28.8 Å². The summed E-state index contributed by atoms with van der Waals surface area (Å²) in [7, 11) is 1.67. The van der Waals surface area contributed by atoms with Gasteiger partial charge < -0.3 is 24.3 Å². The number of aromatic nitrogens is 3. The number of amides is 2. The number of aliphatic hydroxyl groups is 1. The summed E-state index contributed by atoms with van der Waals surface area (Å²) in [4.78, 5) is 43.0. The number of rotatable bonds is 12. The molecule has 0 radical (unpaired) electrons. The minimum absolute atomic E-state index is 0.0700. The Bertz CT molecular complexity index is 1570. The Morgan fingerprint density at radius 3 is 2.43 bits per heavy atom. The molecule has 2 unspecified atom stereocenters. The predicted octanol–water partition coefficient (Wildman–Crippen LogP) is 7.08. The van der Waals surface area contributed by atoms with E-state index >= 15 is 0 Å². The van der Waals surface area contributed by atoms with Crippen molar-refractivity contribution in [2.75, 3.05) is 18.6 Å².